The normalized spacial score (nSPS) is 17.8. The van der Waals surface area contributed by atoms with Crippen LogP contribution in [0.4, 0.5) is 13.2 Å². The number of alkyl halides is 3. The SMILES string of the molecule is O=C(CCC(=O)c1ccccc1)NC1CCCC(c2nc3ccccc3[nH]2)C1.O=C(O)C(F)(F)F. The van der Waals surface area contributed by atoms with Gasteiger partial charge in [-0.05, 0) is 31.4 Å². The molecule has 1 amide bonds. The Morgan fingerprint density at radius 1 is 1.00 bits per heavy atom. The predicted molar refractivity (Wildman–Crippen MR) is 123 cm³/mol. The molecule has 0 bridgehead atoms. The molecule has 0 radical (unpaired) electrons. The molecule has 4 rings (SSSR count). The number of fused-ring (bicyclic) bond motifs is 1. The van der Waals surface area contributed by atoms with E-state index < -0.39 is 12.1 Å². The quantitative estimate of drug-likeness (QED) is 0.422. The van der Waals surface area contributed by atoms with Crippen LogP contribution in [0.25, 0.3) is 11.0 Å². The van der Waals surface area contributed by atoms with Gasteiger partial charge in [0.05, 0.1) is 11.0 Å². The van der Waals surface area contributed by atoms with Crippen LogP contribution in [0.3, 0.4) is 0 Å². The third kappa shape index (κ3) is 7.66. The van der Waals surface area contributed by atoms with Crippen molar-refractivity contribution in [2.75, 3.05) is 0 Å². The van der Waals surface area contributed by atoms with E-state index in [0.717, 1.165) is 42.5 Å². The Hall–Kier alpha value is -3.69. The topological polar surface area (TPSA) is 112 Å². The van der Waals surface area contributed by atoms with Gasteiger partial charge in [0, 0.05) is 30.4 Å². The Bertz CT molecular complexity index is 1130. The molecule has 1 aliphatic rings. The van der Waals surface area contributed by atoms with Gasteiger partial charge in [-0.1, -0.05) is 48.9 Å². The number of aromatic nitrogens is 2. The number of carbonyl (C=O) groups is 3. The summed E-state index contributed by atoms with van der Waals surface area (Å²) >= 11 is 0. The number of imidazole rings is 1. The first-order valence-corrected chi connectivity index (χ1v) is 11.3. The summed E-state index contributed by atoms with van der Waals surface area (Å²) < 4.78 is 31.7. The second-order valence-electron chi connectivity index (χ2n) is 8.36. The van der Waals surface area contributed by atoms with E-state index in [4.69, 9.17) is 14.9 Å². The lowest BCUT2D eigenvalue weighted by Crippen LogP contribution is -2.38. The number of H-pyrrole nitrogens is 1. The van der Waals surface area contributed by atoms with E-state index in [1.54, 1.807) is 12.1 Å². The number of Topliss-reactive ketones (excluding diaryl/α,β-unsaturated/α-hetero) is 1. The van der Waals surface area contributed by atoms with Gasteiger partial charge in [-0.3, -0.25) is 9.59 Å². The largest absolute Gasteiger partial charge is 0.490 e. The highest BCUT2D eigenvalue weighted by Crippen LogP contribution is 2.32. The average Bonchev–Trinajstić information content (AvgIpc) is 3.27. The molecule has 2 unspecified atom stereocenters. The van der Waals surface area contributed by atoms with E-state index in [-0.39, 0.29) is 30.6 Å². The smallest absolute Gasteiger partial charge is 0.475 e. The minimum atomic E-state index is -5.08. The van der Waals surface area contributed by atoms with Crippen molar-refractivity contribution in [3.63, 3.8) is 0 Å². The van der Waals surface area contributed by atoms with Crippen LogP contribution in [-0.4, -0.2) is 45.0 Å². The lowest BCUT2D eigenvalue weighted by molar-refractivity contribution is -0.192. The van der Waals surface area contributed by atoms with E-state index in [1.807, 2.05) is 42.5 Å². The number of rotatable bonds is 6. The number of benzene rings is 2. The predicted octanol–water partition coefficient (Wildman–Crippen LogP) is 5.00. The molecule has 1 fully saturated rings. The highest BCUT2D eigenvalue weighted by Gasteiger charge is 2.38. The van der Waals surface area contributed by atoms with Crippen LogP contribution in [0.1, 0.15) is 60.6 Å². The fourth-order valence-corrected chi connectivity index (χ4v) is 4.03. The summed E-state index contributed by atoms with van der Waals surface area (Å²) in [5.41, 5.74) is 2.71. The highest BCUT2D eigenvalue weighted by molar-refractivity contribution is 5.97. The molecule has 1 heterocycles. The number of hydrogen-bond donors (Lipinski definition) is 3. The number of carbonyl (C=O) groups excluding carboxylic acids is 2. The van der Waals surface area contributed by atoms with E-state index in [0.29, 0.717) is 11.5 Å². The van der Waals surface area contributed by atoms with Crippen LogP contribution >= 0.6 is 0 Å². The maximum Gasteiger partial charge on any atom is 0.490 e. The lowest BCUT2D eigenvalue weighted by atomic mass is 9.85. The molecule has 1 aliphatic carbocycles. The molecule has 1 aromatic heterocycles. The summed E-state index contributed by atoms with van der Waals surface area (Å²) in [4.78, 5) is 41.6. The molecule has 0 saturated heterocycles. The van der Waals surface area contributed by atoms with Crippen molar-refractivity contribution in [3.05, 3.63) is 66.0 Å². The summed E-state index contributed by atoms with van der Waals surface area (Å²) in [5, 5.41) is 10.3. The Morgan fingerprint density at radius 2 is 1.66 bits per heavy atom. The first kappa shape index (κ1) is 25.9. The number of aliphatic carboxylic acids is 1. The van der Waals surface area contributed by atoms with Gasteiger partial charge in [-0.2, -0.15) is 13.2 Å². The number of nitrogens with zero attached hydrogens (tertiary/aromatic N) is 1. The molecule has 0 aliphatic heterocycles. The minimum Gasteiger partial charge on any atom is -0.475 e. The Kier molecular flexibility index (Phi) is 8.62. The van der Waals surface area contributed by atoms with Gasteiger partial charge < -0.3 is 15.4 Å². The number of halogens is 3. The van der Waals surface area contributed by atoms with Gasteiger partial charge in [-0.25, -0.2) is 9.78 Å². The van der Waals surface area contributed by atoms with Crippen molar-refractivity contribution in [1.82, 2.24) is 15.3 Å². The Labute approximate surface area is 199 Å². The average molecular weight is 489 g/mol. The molecule has 7 nitrogen and oxygen atoms in total. The second-order valence-corrected chi connectivity index (χ2v) is 8.36. The van der Waals surface area contributed by atoms with E-state index in [2.05, 4.69) is 10.3 Å². The Morgan fingerprint density at radius 3 is 2.31 bits per heavy atom. The fourth-order valence-electron chi connectivity index (χ4n) is 4.03. The monoisotopic (exact) mass is 489 g/mol. The number of ketones is 1. The van der Waals surface area contributed by atoms with Gasteiger partial charge in [0.1, 0.15) is 5.82 Å². The Balaban J connectivity index is 0.000000429. The molecule has 2 atom stereocenters. The van der Waals surface area contributed by atoms with Gasteiger partial charge in [0.15, 0.2) is 5.78 Å². The second kappa shape index (κ2) is 11.6. The molecule has 3 N–H and O–H groups in total. The van der Waals surface area contributed by atoms with Gasteiger partial charge in [-0.15, -0.1) is 0 Å². The van der Waals surface area contributed by atoms with Crippen LogP contribution in [0.5, 0.6) is 0 Å². The fraction of sp³-hybridized carbons (Fsp3) is 0.360. The van der Waals surface area contributed by atoms with Gasteiger partial charge >= 0.3 is 12.1 Å². The summed E-state index contributed by atoms with van der Waals surface area (Å²) in [7, 11) is 0. The third-order valence-electron chi connectivity index (χ3n) is 5.75. The van der Waals surface area contributed by atoms with Crippen molar-refractivity contribution in [1.29, 1.82) is 0 Å². The molecular formula is C25H26F3N3O4. The summed E-state index contributed by atoms with van der Waals surface area (Å²) in [6.45, 7) is 0. The van der Waals surface area contributed by atoms with Crippen LogP contribution in [0, 0.1) is 0 Å². The number of aromatic amines is 1. The zero-order chi connectivity index (χ0) is 25.4. The number of amides is 1. The molecule has 10 heteroatoms. The van der Waals surface area contributed by atoms with Crippen molar-refractivity contribution >= 4 is 28.7 Å². The van der Waals surface area contributed by atoms with Crippen LogP contribution in [-0.2, 0) is 9.59 Å². The minimum absolute atomic E-state index is 0.0135. The number of hydrogen-bond acceptors (Lipinski definition) is 4. The van der Waals surface area contributed by atoms with Gasteiger partial charge in [0.25, 0.3) is 0 Å². The molecule has 1 saturated carbocycles. The molecule has 35 heavy (non-hydrogen) atoms. The number of carboxylic acid groups (broad SMARTS) is 1. The van der Waals surface area contributed by atoms with Crippen molar-refractivity contribution in [3.8, 4) is 0 Å². The van der Waals surface area contributed by atoms with Gasteiger partial charge in [0.2, 0.25) is 5.91 Å². The third-order valence-corrected chi connectivity index (χ3v) is 5.75. The van der Waals surface area contributed by atoms with Crippen LogP contribution in [0.15, 0.2) is 54.6 Å². The molecule has 3 aromatic rings. The number of carboxylic acids is 1. The van der Waals surface area contributed by atoms with E-state index >= 15 is 0 Å². The molecule has 186 valence electrons. The van der Waals surface area contributed by atoms with Crippen molar-refractivity contribution < 1.29 is 32.7 Å². The van der Waals surface area contributed by atoms with E-state index in [1.165, 1.54) is 0 Å². The molecule has 2 aromatic carbocycles. The summed E-state index contributed by atoms with van der Waals surface area (Å²) in [6.07, 6.45) is -0.587. The highest BCUT2D eigenvalue weighted by atomic mass is 19.4. The standard InChI is InChI=1S/C23H25N3O2.C2HF3O2/c27-21(16-7-2-1-3-8-16)13-14-22(28)24-18-10-6-9-17(15-18)23-25-19-11-4-5-12-20(19)26-23;3-2(4,5)1(6)7/h1-5,7-8,11-12,17-18H,6,9-10,13-15H2,(H,24,28)(H,25,26);(H,6,7). The summed E-state index contributed by atoms with van der Waals surface area (Å²) in [6, 6.07) is 17.3. The van der Waals surface area contributed by atoms with Crippen LogP contribution < -0.4 is 5.32 Å². The zero-order valence-corrected chi connectivity index (χ0v) is 18.8. The van der Waals surface area contributed by atoms with Crippen LogP contribution in [0.2, 0.25) is 0 Å². The maximum atomic E-state index is 12.3. The number of nitrogens with one attached hydrogen (secondary N) is 2. The lowest BCUT2D eigenvalue weighted by Gasteiger charge is -2.28. The first-order chi connectivity index (χ1) is 16.6. The number of para-hydroxylation sites is 2. The maximum absolute atomic E-state index is 12.3. The summed E-state index contributed by atoms with van der Waals surface area (Å²) in [5.74, 6) is -1.44. The zero-order valence-electron chi connectivity index (χ0n) is 18.8. The molecule has 0 spiro atoms. The van der Waals surface area contributed by atoms with Crippen molar-refractivity contribution in [2.24, 2.45) is 0 Å². The molecular weight excluding hydrogens is 463 g/mol. The van der Waals surface area contributed by atoms with E-state index in [9.17, 15) is 22.8 Å². The first-order valence-electron chi connectivity index (χ1n) is 11.3. The van der Waals surface area contributed by atoms with Crippen molar-refractivity contribution in [2.45, 2.75) is 56.7 Å².